The molecule has 0 aromatic heterocycles. The van der Waals surface area contributed by atoms with Crippen LogP contribution in [0.4, 0.5) is 0 Å². The Morgan fingerprint density at radius 2 is 2.20 bits per heavy atom. The lowest BCUT2D eigenvalue weighted by atomic mass is 10.2. The lowest BCUT2D eigenvalue weighted by molar-refractivity contribution is 1.55. The van der Waals surface area contributed by atoms with Crippen molar-refractivity contribution < 1.29 is 0 Å². The van der Waals surface area contributed by atoms with Gasteiger partial charge in [0.1, 0.15) is 0 Å². The Morgan fingerprint density at radius 1 is 1.50 bits per heavy atom. The quantitative estimate of drug-likeness (QED) is 0.675. The van der Waals surface area contributed by atoms with E-state index in [-0.39, 0.29) is 0 Å². The van der Waals surface area contributed by atoms with E-state index in [0.717, 1.165) is 10.0 Å². The van der Waals surface area contributed by atoms with Gasteiger partial charge in [0.25, 0.3) is 0 Å². The Morgan fingerprint density at radius 3 is 2.70 bits per heavy atom. The van der Waals surface area contributed by atoms with Crippen molar-refractivity contribution >= 4 is 27.5 Å². The third kappa shape index (κ3) is 1.61. The van der Waals surface area contributed by atoms with E-state index in [2.05, 4.69) is 28.6 Å². The minimum Gasteiger partial charge on any atom is -0.0906 e. The summed E-state index contributed by atoms with van der Waals surface area (Å²) < 4.78 is 0.896. The predicted molar refractivity (Wildman–Crippen MR) is 47.1 cm³/mol. The molecule has 1 aromatic rings. The lowest BCUT2D eigenvalue weighted by Gasteiger charge is -1.95. The zero-order valence-electron chi connectivity index (χ0n) is 5.20. The Hall–Kier alpha value is -0.270. The molecule has 0 N–H and O–H groups in total. The van der Waals surface area contributed by atoms with Gasteiger partial charge in [-0.25, -0.2) is 0 Å². The Bertz CT molecular complexity index is 255. The van der Waals surface area contributed by atoms with Gasteiger partial charge in [0.2, 0.25) is 0 Å². The monoisotopic (exact) mass is 215 g/mol. The van der Waals surface area contributed by atoms with E-state index in [1.807, 2.05) is 12.1 Å². The zero-order chi connectivity index (χ0) is 7.56. The highest BCUT2D eigenvalue weighted by Crippen LogP contribution is 2.22. The molecule has 0 atom stereocenters. The van der Waals surface area contributed by atoms with E-state index in [1.165, 1.54) is 0 Å². The number of hydrogen-bond acceptors (Lipinski definition) is 0. The van der Waals surface area contributed by atoms with Crippen LogP contribution >= 0.6 is 27.5 Å². The standard InChI is InChI=1S/C8H5BrCl/c1-2-6-3-4-7(9)8(10)5-6/h3-5H,1H2. The fourth-order valence-corrected chi connectivity index (χ4v) is 1.03. The maximum Gasteiger partial charge on any atom is 0.0554 e. The molecule has 1 radical (unpaired) electrons. The molecule has 0 bridgehead atoms. The van der Waals surface area contributed by atoms with E-state index in [4.69, 9.17) is 11.6 Å². The SMILES string of the molecule is C=[C]c1ccc(Br)c(Cl)c1. The third-order valence-electron chi connectivity index (χ3n) is 1.12. The average Bonchev–Trinajstić information content (AvgIpc) is 1.95. The van der Waals surface area contributed by atoms with Crippen LogP contribution in [0, 0.1) is 6.08 Å². The summed E-state index contributed by atoms with van der Waals surface area (Å²) in [6.07, 6.45) is 2.74. The summed E-state index contributed by atoms with van der Waals surface area (Å²) in [5.74, 6) is 0. The molecule has 10 heavy (non-hydrogen) atoms. The van der Waals surface area contributed by atoms with Gasteiger partial charge in [-0.2, -0.15) is 0 Å². The normalized spacial score (nSPS) is 9.40. The Kier molecular flexibility index (Phi) is 2.52. The number of rotatable bonds is 1. The van der Waals surface area contributed by atoms with Crippen molar-refractivity contribution in [1.82, 2.24) is 0 Å². The van der Waals surface area contributed by atoms with Crippen LogP contribution in [0.15, 0.2) is 29.3 Å². The highest BCUT2D eigenvalue weighted by molar-refractivity contribution is 9.10. The molecular formula is C8H5BrCl. The van der Waals surface area contributed by atoms with Crippen molar-refractivity contribution in [2.45, 2.75) is 0 Å². The fourth-order valence-electron chi connectivity index (χ4n) is 0.606. The minimum absolute atomic E-state index is 0.689. The second-order valence-electron chi connectivity index (χ2n) is 1.81. The third-order valence-corrected chi connectivity index (χ3v) is 2.36. The molecule has 0 aliphatic rings. The first kappa shape index (κ1) is 7.83. The van der Waals surface area contributed by atoms with Crippen molar-refractivity contribution in [2.75, 3.05) is 0 Å². The van der Waals surface area contributed by atoms with Crippen LogP contribution in [0.1, 0.15) is 5.56 Å². The molecule has 0 spiro atoms. The van der Waals surface area contributed by atoms with Crippen LogP contribution in [0.2, 0.25) is 5.02 Å². The number of halogens is 2. The summed E-state index contributed by atoms with van der Waals surface area (Å²) in [4.78, 5) is 0. The number of hydrogen-bond donors (Lipinski definition) is 0. The van der Waals surface area contributed by atoms with Gasteiger partial charge in [-0.15, -0.1) is 0 Å². The van der Waals surface area contributed by atoms with Crippen molar-refractivity contribution in [1.29, 1.82) is 0 Å². The summed E-state index contributed by atoms with van der Waals surface area (Å²) in [6.45, 7) is 3.50. The summed E-state index contributed by atoms with van der Waals surface area (Å²) in [5, 5.41) is 0.689. The van der Waals surface area contributed by atoms with Gasteiger partial charge in [-0.05, 0) is 39.7 Å². The minimum atomic E-state index is 0.689. The van der Waals surface area contributed by atoms with Gasteiger partial charge in [0.15, 0.2) is 0 Å². The molecule has 0 amide bonds. The van der Waals surface area contributed by atoms with Gasteiger partial charge in [0, 0.05) is 4.47 Å². The average molecular weight is 216 g/mol. The molecule has 51 valence electrons. The fraction of sp³-hybridized carbons (Fsp3) is 0. The van der Waals surface area contributed by atoms with E-state index >= 15 is 0 Å². The first-order valence-corrected chi connectivity index (χ1v) is 3.89. The van der Waals surface area contributed by atoms with Gasteiger partial charge >= 0.3 is 0 Å². The van der Waals surface area contributed by atoms with Crippen LogP contribution < -0.4 is 0 Å². The summed E-state index contributed by atoms with van der Waals surface area (Å²) in [5.41, 5.74) is 0.910. The first-order chi connectivity index (χ1) is 4.74. The Labute approximate surface area is 73.6 Å². The molecule has 0 aliphatic carbocycles. The van der Waals surface area contributed by atoms with E-state index in [0.29, 0.717) is 5.02 Å². The topological polar surface area (TPSA) is 0 Å². The van der Waals surface area contributed by atoms with Crippen LogP contribution in [-0.2, 0) is 0 Å². The van der Waals surface area contributed by atoms with E-state index < -0.39 is 0 Å². The Balaban J connectivity index is 3.16. The van der Waals surface area contributed by atoms with Crippen molar-refractivity contribution in [3.63, 3.8) is 0 Å². The molecule has 0 saturated carbocycles. The largest absolute Gasteiger partial charge is 0.0906 e. The maximum absolute atomic E-state index is 5.78. The van der Waals surface area contributed by atoms with Crippen molar-refractivity contribution in [3.8, 4) is 0 Å². The summed E-state index contributed by atoms with van der Waals surface area (Å²) in [7, 11) is 0. The van der Waals surface area contributed by atoms with Gasteiger partial charge in [0.05, 0.1) is 5.02 Å². The second kappa shape index (κ2) is 3.22. The number of benzene rings is 1. The second-order valence-corrected chi connectivity index (χ2v) is 3.07. The van der Waals surface area contributed by atoms with Crippen LogP contribution in [0.5, 0.6) is 0 Å². The van der Waals surface area contributed by atoms with Gasteiger partial charge < -0.3 is 0 Å². The van der Waals surface area contributed by atoms with Crippen molar-refractivity contribution in [2.24, 2.45) is 0 Å². The molecule has 0 unspecified atom stereocenters. The molecule has 0 fully saturated rings. The summed E-state index contributed by atoms with van der Waals surface area (Å²) >= 11 is 9.06. The highest BCUT2D eigenvalue weighted by atomic mass is 79.9. The van der Waals surface area contributed by atoms with E-state index in [1.54, 1.807) is 6.07 Å². The first-order valence-electron chi connectivity index (χ1n) is 2.72. The van der Waals surface area contributed by atoms with Crippen LogP contribution in [-0.4, -0.2) is 0 Å². The predicted octanol–water partition coefficient (Wildman–Crippen LogP) is 3.44. The zero-order valence-corrected chi connectivity index (χ0v) is 7.54. The van der Waals surface area contributed by atoms with E-state index in [9.17, 15) is 0 Å². The van der Waals surface area contributed by atoms with Crippen molar-refractivity contribution in [3.05, 3.63) is 45.9 Å². The van der Waals surface area contributed by atoms with Gasteiger partial charge in [-0.1, -0.05) is 24.2 Å². The smallest absolute Gasteiger partial charge is 0.0554 e. The molecule has 0 aliphatic heterocycles. The molecular weight excluding hydrogens is 211 g/mol. The molecule has 2 heteroatoms. The molecule has 1 rings (SSSR count). The highest BCUT2D eigenvalue weighted by Gasteiger charge is 1.94. The molecule has 0 saturated heterocycles. The van der Waals surface area contributed by atoms with Crippen LogP contribution in [0.3, 0.4) is 0 Å². The molecule has 0 nitrogen and oxygen atoms in total. The van der Waals surface area contributed by atoms with Gasteiger partial charge in [-0.3, -0.25) is 0 Å². The summed E-state index contributed by atoms with van der Waals surface area (Å²) in [6, 6.07) is 5.57. The lowest BCUT2D eigenvalue weighted by Crippen LogP contribution is -1.73. The molecule has 1 aromatic carbocycles. The van der Waals surface area contributed by atoms with Crippen LogP contribution in [0.25, 0.3) is 0 Å². The maximum atomic E-state index is 5.78. The molecule has 0 heterocycles.